The Labute approximate surface area is 128 Å². The van der Waals surface area contributed by atoms with Gasteiger partial charge in [-0.1, -0.05) is 31.4 Å². The molecule has 21 heavy (non-hydrogen) atoms. The average Bonchev–Trinajstić information content (AvgIpc) is 2.55. The van der Waals surface area contributed by atoms with Crippen LogP contribution in [-0.2, 0) is 11.3 Å². The summed E-state index contributed by atoms with van der Waals surface area (Å²) in [6.07, 6.45) is 8.85. The number of anilines is 1. The molecule has 2 fully saturated rings. The Bertz CT molecular complexity index is 463. The van der Waals surface area contributed by atoms with Gasteiger partial charge in [0.1, 0.15) is 0 Å². The number of ether oxygens (including phenoxy) is 1. The maximum absolute atomic E-state index is 6.22. The zero-order valence-electron chi connectivity index (χ0n) is 13.2. The Kier molecular flexibility index (Phi) is 4.51. The highest BCUT2D eigenvalue weighted by Gasteiger charge is 2.39. The molecule has 1 saturated heterocycles. The van der Waals surface area contributed by atoms with Crippen LogP contribution >= 0.6 is 0 Å². The lowest BCUT2D eigenvalue weighted by atomic mass is 9.78. The van der Waals surface area contributed by atoms with E-state index in [-0.39, 0.29) is 5.60 Å². The molecule has 1 saturated carbocycles. The maximum atomic E-state index is 6.22. The first-order valence-electron chi connectivity index (χ1n) is 8.38. The number of nitrogens with two attached hydrogens (primary N) is 1. The van der Waals surface area contributed by atoms with E-state index < -0.39 is 0 Å². The van der Waals surface area contributed by atoms with Crippen LogP contribution in [0.15, 0.2) is 24.3 Å². The minimum absolute atomic E-state index is 0.168. The van der Waals surface area contributed by atoms with Gasteiger partial charge in [-0.3, -0.25) is 0 Å². The molecule has 0 amide bonds. The first kappa shape index (κ1) is 14.9. The van der Waals surface area contributed by atoms with Crippen molar-refractivity contribution in [2.24, 2.45) is 5.73 Å². The Morgan fingerprint density at radius 3 is 2.86 bits per heavy atom. The van der Waals surface area contributed by atoms with Gasteiger partial charge < -0.3 is 15.4 Å². The summed E-state index contributed by atoms with van der Waals surface area (Å²) in [6, 6.07) is 9.23. The van der Waals surface area contributed by atoms with E-state index in [4.69, 9.17) is 10.5 Å². The molecule has 3 heteroatoms. The second-order valence-corrected chi connectivity index (χ2v) is 6.72. The fourth-order valence-electron chi connectivity index (χ4n) is 3.99. The van der Waals surface area contributed by atoms with E-state index in [0.29, 0.717) is 12.6 Å². The molecular formula is C18H28N2O. The van der Waals surface area contributed by atoms with Gasteiger partial charge in [-0.2, -0.15) is 0 Å². The number of rotatable bonds is 3. The lowest BCUT2D eigenvalue weighted by molar-refractivity contribution is -0.105. The highest BCUT2D eigenvalue weighted by atomic mass is 16.5. The van der Waals surface area contributed by atoms with Gasteiger partial charge in [-0.25, -0.2) is 0 Å². The predicted molar refractivity (Wildman–Crippen MR) is 87.5 cm³/mol. The van der Waals surface area contributed by atoms with Gasteiger partial charge in [0, 0.05) is 31.9 Å². The third-order valence-electron chi connectivity index (χ3n) is 5.33. The standard InChI is InChI=1S/C18H28N2O/c1-20(16-7-5-6-15(12-16)14-19)17-8-11-21-18(13-17)9-3-2-4-10-18/h5-7,12,17H,2-4,8-11,13-14,19H2,1H3. The summed E-state index contributed by atoms with van der Waals surface area (Å²) >= 11 is 0. The smallest absolute Gasteiger partial charge is 0.0702 e. The number of benzene rings is 1. The molecule has 1 atom stereocenters. The van der Waals surface area contributed by atoms with Crippen LogP contribution < -0.4 is 10.6 Å². The number of hydrogen-bond donors (Lipinski definition) is 1. The molecule has 2 N–H and O–H groups in total. The molecule has 1 aliphatic carbocycles. The SMILES string of the molecule is CN(c1cccc(CN)c1)C1CCOC2(CCCCC2)C1. The van der Waals surface area contributed by atoms with Crippen LogP contribution in [-0.4, -0.2) is 25.3 Å². The first-order chi connectivity index (χ1) is 10.2. The lowest BCUT2D eigenvalue weighted by Crippen LogP contribution is -2.48. The molecule has 0 radical (unpaired) electrons. The topological polar surface area (TPSA) is 38.5 Å². The fourth-order valence-corrected chi connectivity index (χ4v) is 3.99. The predicted octanol–water partition coefficient (Wildman–Crippen LogP) is 3.46. The van der Waals surface area contributed by atoms with E-state index >= 15 is 0 Å². The van der Waals surface area contributed by atoms with Crippen molar-refractivity contribution in [2.75, 3.05) is 18.6 Å². The second-order valence-electron chi connectivity index (χ2n) is 6.72. The van der Waals surface area contributed by atoms with E-state index in [1.807, 2.05) is 0 Å². The van der Waals surface area contributed by atoms with Crippen molar-refractivity contribution in [1.82, 2.24) is 0 Å². The van der Waals surface area contributed by atoms with Crippen molar-refractivity contribution in [3.05, 3.63) is 29.8 Å². The summed E-state index contributed by atoms with van der Waals surface area (Å²) in [4.78, 5) is 2.44. The highest BCUT2D eigenvalue weighted by molar-refractivity contribution is 5.49. The number of nitrogens with zero attached hydrogens (tertiary/aromatic N) is 1. The molecule has 3 rings (SSSR count). The summed E-state index contributed by atoms with van der Waals surface area (Å²) in [6.45, 7) is 1.52. The van der Waals surface area contributed by atoms with Crippen molar-refractivity contribution < 1.29 is 4.74 Å². The molecular weight excluding hydrogens is 260 g/mol. The normalized spacial score (nSPS) is 25.0. The van der Waals surface area contributed by atoms with Gasteiger partial charge in [0.25, 0.3) is 0 Å². The van der Waals surface area contributed by atoms with Gasteiger partial charge >= 0.3 is 0 Å². The molecule has 0 aromatic heterocycles. The summed E-state index contributed by atoms with van der Waals surface area (Å²) in [5, 5.41) is 0. The molecule has 2 aliphatic rings. The maximum Gasteiger partial charge on any atom is 0.0702 e. The van der Waals surface area contributed by atoms with Crippen molar-refractivity contribution in [3.63, 3.8) is 0 Å². The van der Waals surface area contributed by atoms with Crippen LogP contribution in [0.2, 0.25) is 0 Å². The van der Waals surface area contributed by atoms with Crippen molar-refractivity contribution in [1.29, 1.82) is 0 Å². The van der Waals surface area contributed by atoms with Crippen LogP contribution in [0.4, 0.5) is 5.69 Å². The zero-order chi connectivity index (χ0) is 14.7. The van der Waals surface area contributed by atoms with Gasteiger partial charge in [-0.15, -0.1) is 0 Å². The average molecular weight is 288 g/mol. The Hall–Kier alpha value is -1.06. The molecule has 116 valence electrons. The van der Waals surface area contributed by atoms with E-state index in [2.05, 4.69) is 36.2 Å². The summed E-state index contributed by atoms with van der Waals surface area (Å²) in [7, 11) is 2.22. The molecule has 1 heterocycles. The third kappa shape index (κ3) is 3.24. The van der Waals surface area contributed by atoms with E-state index in [0.717, 1.165) is 13.0 Å². The molecule has 1 aromatic carbocycles. The van der Waals surface area contributed by atoms with Crippen LogP contribution in [0.25, 0.3) is 0 Å². The summed E-state index contributed by atoms with van der Waals surface area (Å²) < 4.78 is 6.22. The highest BCUT2D eigenvalue weighted by Crippen LogP contribution is 2.40. The quantitative estimate of drug-likeness (QED) is 0.925. The van der Waals surface area contributed by atoms with Crippen molar-refractivity contribution >= 4 is 5.69 Å². The summed E-state index contributed by atoms with van der Waals surface area (Å²) in [5.74, 6) is 0. The van der Waals surface area contributed by atoms with Crippen LogP contribution in [0.5, 0.6) is 0 Å². The Balaban J connectivity index is 1.72. The van der Waals surface area contributed by atoms with Gasteiger partial charge in [0.15, 0.2) is 0 Å². The van der Waals surface area contributed by atoms with Crippen LogP contribution in [0, 0.1) is 0 Å². The lowest BCUT2D eigenvalue weighted by Gasteiger charge is -2.46. The van der Waals surface area contributed by atoms with Gasteiger partial charge in [0.05, 0.1) is 5.60 Å². The van der Waals surface area contributed by atoms with E-state index in [1.54, 1.807) is 0 Å². The minimum atomic E-state index is 0.168. The van der Waals surface area contributed by atoms with E-state index in [1.165, 1.54) is 49.8 Å². The first-order valence-corrected chi connectivity index (χ1v) is 8.38. The zero-order valence-corrected chi connectivity index (χ0v) is 13.2. The molecule has 1 aliphatic heterocycles. The van der Waals surface area contributed by atoms with Crippen molar-refractivity contribution in [3.8, 4) is 0 Å². The molecule has 1 aromatic rings. The Morgan fingerprint density at radius 2 is 2.10 bits per heavy atom. The summed E-state index contributed by atoms with van der Waals surface area (Å²) in [5.41, 5.74) is 8.43. The molecule has 1 spiro atoms. The molecule has 1 unspecified atom stereocenters. The third-order valence-corrected chi connectivity index (χ3v) is 5.33. The van der Waals surface area contributed by atoms with Gasteiger partial charge in [-0.05, 0) is 43.4 Å². The second kappa shape index (κ2) is 6.37. The van der Waals surface area contributed by atoms with Gasteiger partial charge in [0.2, 0.25) is 0 Å². The van der Waals surface area contributed by atoms with Crippen molar-refractivity contribution in [2.45, 2.75) is 63.1 Å². The van der Waals surface area contributed by atoms with E-state index in [9.17, 15) is 0 Å². The van der Waals surface area contributed by atoms with Crippen LogP contribution in [0.1, 0.15) is 50.5 Å². The largest absolute Gasteiger partial charge is 0.375 e. The fraction of sp³-hybridized carbons (Fsp3) is 0.667. The number of hydrogen-bond acceptors (Lipinski definition) is 3. The molecule has 0 bridgehead atoms. The monoisotopic (exact) mass is 288 g/mol. The minimum Gasteiger partial charge on any atom is -0.375 e. The Morgan fingerprint density at radius 1 is 1.29 bits per heavy atom. The van der Waals surface area contributed by atoms with Crippen LogP contribution in [0.3, 0.4) is 0 Å². The molecule has 3 nitrogen and oxygen atoms in total.